The summed E-state index contributed by atoms with van der Waals surface area (Å²) in [6.07, 6.45) is -10.4. The molecule has 40 heavy (non-hydrogen) atoms. The first-order valence-electron chi connectivity index (χ1n) is 11.8. The first-order valence-corrected chi connectivity index (χ1v) is 15.8. The van der Waals surface area contributed by atoms with Crippen LogP contribution in [0.1, 0.15) is 26.3 Å². The second-order valence-electron chi connectivity index (χ2n) is 9.88. The van der Waals surface area contributed by atoms with Crippen molar-refractivity contribution in [1.82, 2.24) is 0 Å². The number of hydrogen-bond donors (Lipinski definition) is 2. The molecule has 5 nitrogen and oxygen atoms in total. The van der Waals surface area contributed by atoms with Gasteiger partial charge >= 0.3 is 17.4 Å². The average molecular weight is 605 g/mol. The van der Waals surface area contributed by atoms with E-state index in [0.29, 0.717) is 5.56 Å². The van der Waals surface area contributed by atoms with Gasteiger partial charge in [-0.25, -0.2) is 9.00 Å². The van der Waals surface area contributed by atoms with Gasteiger partial charge in [-0.1, -0.05) is 84.9 Å². The quantitative estimate of drug-likeness (QED) is 0.117. The average Bonchev–Trinajstić information content (AvgIpc) is 2.87. The lowest BCUT2D eigenvalue weighted by atomic mass is 9.87. The van der Waals surface area contributed by atoms with Gasteiger partial charge in [-0.15, -0.1) is 0 Å². The summed E-state index contributed by atoms with van der Waals surface area (Å²) in [6, 6.07) is 18.4. The highest BCUT2D eigenvalue weighted by molar-refractivity contribution is 8.97. The summed E-state index contributed by atoms with van der Waals surface area (Å²) in [4.78, 5) is 10.7. The monoisotopic (exact) mass is 604 g/mol. The maximum Gasteiger partial charge on any atom is 0.432 e. The van der Waals surface area contributed by atoms with Crippen LogP contribution in [0.4, 0.5) is 22.0 Å². The zero-order valence-corrected chi connectivity index (χ0v) is 23.4. The van der Waals surface area contributed by atoms with E-state index in [1.54, 1.807) is 0 Å². The SMILES string of the molecule is C=CC(=O)OC(C(F)(F)F)C(F)(F)S(=O)(O)(O)S(c1ccccc1)(c1ccccc1)c1ccc(C(C)(C)C)cc1. The number of benzene rings is 3. The molecule has 0 spiro atoms. The fourth-order valence-electron chi connectivity index (χ4n) is 4.14. The number of halogens is 5. The highest BCUT2D eigenvalue weighted by atomic mass is 33.2. The van der Waals surface area contributed by atoms with E-state index in [0.717, 1.165) is 0 Å². The summed E-state index contributed by atoms with van der Waals surface area (Å²) in [5.41, 5.74) is 0.240. The lowest BCUT2D eigenvalue weighted by Crippen LogP contribution is -2.63. The second-order valence-corrected chi connectivity index (χ2v) is 17.8. The van der Waals surface area contributed by atoms with Crippen LogP contribution in [0, 0.1) is 0 Å². The van der Waals surface area contributed by atoms with Crippen molar-refractivity contribution in [3.05, 3.63) is 103 Å². The lowest BCUT2D eigenvalue weighted by molar-refractivity contribution is -0.258. The van der Waals surface area contributed by atoms with Crippen LogP contribution in [0.5, 0.6) is 0 Å². The molecule has 0 aliphatic rings. The minimum atomic E-state index is -7.95. The fraction of sp³-hybridized carbons (Fsp3) is 0.250. The molecule has 3 aromatic carbocycles. The summed E-state index contributed by atoms with van der Waals surface area (Å²) in [5, 5.41) is -5.97. The summed E-state index contributed by atoms with van der Waals surface area (Å²) < 4.78 is 116. The summed E-state index contributed by atoms with van der Waals surface area (Å²) >= 11 is 0. The summed E-state index contributed by atoms with van der Waals surface area (Å²) in [5.74, 6) is -1.93. The Kier molecular flexibility index (Phi) is 8.18. The molecule has 0 amide bonds. The van der Waals surface area contributed by atoms with Gasteiger partial charge < -0.3 is 4.74 Å². The van der Waals surface area contributed by atoms with E-state index >= 15 is 8.78 Å². The van der Waals surface area contributed by atoms with E-state index in [2.05, 4.69) is 11.3 Å². The van der Waals surface area contributed by atoms with Gasteiger partial charge in [0.1, 0.15) is 0 Å². The van der Waals surface area contributed by atoms with E-state index in [-0.39, 0.29) is 20.8 Å². The van der Waals surface area contributed by atoms with Crippen LogP contribution in [-0.4, -0.2) is 36.8 Å². The Bertz CT molecular complexity index is 1390. The van der Waals surface area contributed by atoms with Crippen molar-refractivity contribution in [2.75, 3.05) is 0 Å². The second kappa shape index (κ2) is 10.4. The van der Waals surface area contributed by atoms with Crippen LogP contribution in [0.15, 0.2) is 112 Å². The molecular formula is C28H29F5O5S2. The first kappa shape index (κ1) is 31.5. The Balaban J connectivity index is 2.57. The molecule has 0 bridgehead atoms. The predicted molar refractivity (Wildman–Crippen MR) is 145 cm³/mol. The molecule has 3 rings (SSSR count). The zero-order chi connectivity index (χ0) is 30.2. The minimum Gasteiger partial charge on any atom is -0.442 e. The highest BCUT2D eigenvalue weighted by Crippen LogP contribution is 2.83. The van der Waals surface area contributed by atoms with Crippen LogP contribution < -0.4 is 0 Å². The largest absolute Gasteiger partial charge is 0.442 e. The van der Waals surface area contributed by atoms with Gasteiger partial charge in [0, 0.05) is 20.8 Å². The number of alkyl halides is 5. The molecule has 0 aromatic heterocycles. The molecule has 1 unspecified atom stereocenters. The van der Waals surface area contributed by atoms with Gasteiger partial charge in [-0.3, -0.25) is 9.11 Å². The third kappa shape index (κ3) is 5.09. The molecule has 0 fully saturated rings. The molecule has 0 aliphatic heterocycles. The summed E-state index contributed by atoms with van der Waals surface area (Å²) in [7, 11) is -12.5. The number of rotatable bonds is 8. The molecule has 218 valence electrons. The number of hydrogen-bond acceptors (Lipinski definition) is 3. The molecule has 0 heterocycles. The van der Waals surface area contributed by atoms with Crippen molar-refractivity contribution in [2.24, 2.45) is 0 Å². The third-order valence-electron chi connectivity index (χ3n) is 6.12. The molecule has 1 atom stereocenters. The molecule has 0 radical (unpaired) electrons. The maximum atomic E-state index is 16.3. The van der Waals surface area contributed by atoms with Gasteiger partial charge in [0.15, 0.2) is 8.66 Å². The van der Waals surface area contributed by atoms with Crippen molar-refractivity contribution in [3.63, 3.8) is 0 Å². The molecule has 0 saturated carbocycles. The number of ether oxygens (including phenoxy) is 1. The topological polar surface area (TPSA) is 83.8 Å². The molecule has 12 heteroatoms. The van der Waals surface area contributed by atoms with E-state index in [4.69, 9.17) is 0 Å². The Hall–Kier alpha value is -3.06. The first-order chi connectivity index (χ1) is 18.3. The van der Waals surface area contributed by atoms with Gasteiger partial charge in [0.25, 0.3) is 6.10 Å². The van der Waals surface area contributed by atoms with Crippen molar-refractivity contribution in [1.29, 1.82) is 0 Å². The smallest absolute Gasteiger partial charge is 0.432 e. The van der Waals surface area contributed by atoms with E-state index in [9.17, 15) is 31.3 Å². The van der Waals surface area contributed by atoms with Crippen LogP contribution in [0.2, 0.25) is 0 Å². The molecule has 0 aliphatic carbocycles. The van der Waals surface area contributed by atoms with Crippen LogP contribution in [0.25, 0.3) is 0 Å². The Labute approximate surface area is 229 Å². The number of esters is 1. The fourth-order valence-corrected chi connectivity index (χ4v) is 13.9. The van der Waals surface area contributed by atoms with Crippen LogP contribution >= 0.6 is 9.06 Å². The standard InChI is InChI=1S/C28H29F5O5S2/c1-5-24(34)38-25(27(29,30)31)28(32,33)40(35,36,37)39(21-12-8-6-9-13-21,22-14-10-7-11-15-22)23-18-16-20(17-19-23)26(2,3)4/h5-19,25H,1H2,2-4H3,(H2,35,36,37). The zero-order valence-electron chi connectivity index (χ0n) is 21.8. The molecule has 3 aromatic rings. The van der Waals surface area contributed by atoms with E-state index in [1.165, 1.54) is 84.9 Å². The Morgan fingerprint density at radius 3 is 1.57 bits per heavy atom. The van der Waals surface area contributed by atoms with Crippen molar-refractivity contribution < 1.29 is 44.8 Å². The molecule has 2 N–H and O–H groups in total. The van der Waals surface area contributed by atoms with Gasteiger partial charge in [0.05, 0.1) is 0 Å². The van der Waals surface area contributed by atoms with Crippen LogP contribution in [0.3, 0.4) is 0 Å². The normalized spacial score (nSPS) is 15.4. The number of carbonyl (C=O) groups excluding carboxylic acids is 1. The molecule has 0 saturated heterocycles. The molecular weight excluding hydrogens is 575 g/mol. The Morgan fingerprint density at radius 2 is 1.23 bits per heavy atom. The van der Waals surface area contributed by atoms with Crippen LogP contribution in [-0.2, 0) is 23.6 Å². The summed E-state index contributed by atoms with van der Waals surface area (Å²) in [6.45, 7) is 8.47. The van der Waals surface area contributed by atoms with Gasteiger partial charge in [-0.2, -0.15) is 22.0 Å². The van der Waals surface area contributed by atoms with E-state index < -0.39 is 46.6 Å². The van der Waals surface area contributed by atoms with Crippen molar-refractivity contribution in [2.45, 2.75) is 58.4 Å². The lowest BCUT2D eigenvalue weighted by Gasteiger charge is -2.57. The third-order valence-corrected chi connectivity index (χ3v) is 16.1. The highest BCUT2D eigenvalue weighted by Gasteiger charge is 2.77. The predicted octanol–water partition coefficient (Wildman–Crippen LogP) is 8.20. The Morgan fingerprint density at radius 1 is 0.825 bits per heavy atom. The number of carbonyl (C=O) groups is 1. The minimum absolute atomic E-state index is 0.195. The maximum absolute atomic E-state index is 16.3. The van der Waals surface area contributed by atoms with E-state index in [1.807, 2.05) is 20.8 Å². The van der Waals surface area contributed by atoms with Crippen molar-refractivity contribution in [3.8, 4) is 0 Å². The van der Waals surface area contributed by atoms with Crippen molar-refractivity contribution >= 4 is 23.7 Å². The van der Waals surface area contributed by atoms with Gasteiger partial charge in [-0.05, 0) is 47.4 Å². The van der Waals surface area contributed by atoms with Gasteiger partial charge in [0.2, 0.25) is 0 Å².